The number of ether oxygens (including phenoxy) is 2. The largest absolute Gasteiger partial charge is 0.493 e. The van der Waals surface area contributed by atoms with Crippen molar-refractivity contribution in [1.29, 1.82) is 0 Å². The van der Waals surface area contributed by atoms with E-state index >= 15 is 0 Å². The van der Waals surface area contributed by atoms with Gasteiger partial charge in [0.1, 0.15) is 0 Å². The molecule has 0 saturated carbocycles. The van der Waals surface area contributed by atoms with E-state index in [1.807, 2.05) is 49.4 Å². The maximum absolute atomic E-state index is 5.95. The Morgan fingerprint density at radius 2 is 1.89 bits per heavy atom. The highest BCUT2D eigenvalue weighted by Crippen LogP contribution is 2.28. The van der Waals surface area contributed by atoms with Gasteiger partial charge >= 0.3 is 0 Å². The maximum Gasteiger partial charge on any atom is 0.194 e. The highest BCUT2D eigenvalue weighted by Gasteiger charge is 2.12. The molecule has 3 rings (SSSR count). The summed E-state index contributed by atoms with van der Waals surface area (Å²) < 4.78 is 13.1. The lowest BCUT2D eigenvalue weighted by atomic mass is 10.2. The molecule has 7 nitrogen and oxygen atoms in total. The minimum absolute atomic E-state index is 0.241. The molecule has 0 unspecified atom stereocenters. The number of rotatable bonds is 10. The monoisotopic (exact) mass is 381 g/mol. The summed E-state index contributed by atoms with van der Waals surface area (Å²) in [7, 11) is 1.65. The van der Waals surface area contributed by atoms with Crippen LogP contribution in [0.4, 0.5) is 0 Å². The summed E-state index contributed by atoms with van der Waals surface area (Å²) in [5, 5.41) is 15.4. The van der Waals surface area contributed by atoms with Gasteiger partial charge < -0.3 is 14.8 Å². The van der Waals surface area contributed by atoms with Gasteiger partial charge in [-0.25, -0.2) is 0 Å². The van der Waals surface area contributed by atoms with E-state index < -0.39 is 0 Å². The maximum atomic E-state index is 5.95. The molecule has 0 amide bonds. The van der Waals surface area contributed by atoms with Gasteiger partial charge in [0.15, 0.2) is 23.9 Å². The number of hydrogen-bond donors (Lipinski definition) is 1. The number of tetrazole rings is 1. The second-order valence-electron chi connectivity index (χ2n) is 6.65. The molecule has 0 fully saturated rings. The van der Waals surface area contributed by atoms with E-state index in [0.717, 1.165) is 24.3 Å². The van der Waals surface area contributed by atoms with Crippen molar-refractivity contribution in [3.8, 4) is 17.2 Å². The van der Waals surface area contributed by atoms with Crippen LogP contribution in [0.5, 0.6) is 11.5 Å². The Morgan fingerprint density at radius 3 is 2.64 bits per heavy atom. The van der Waals surface area contributed by atoms with E-state index in [1.165, 1.54) is 18.4 Å². The van der Waals surface area contributed by atoms with Gasteiger partial charge in [0.2, 0.25) is 0 Å². The van der Waals surface area contributed by atoms with Crippen LogP contribution in [0.1, 0.15) is 36.7 Å². The normalized spacial score (nSPS) is 10.8. The first-order chi connectivity index (χ1) is 13.7. The number of hydrogen-bond acceptors (Lipinski definition) is 6. The molecule has 0 aliphatic rings. The molecule has 7 heteroatoms. The molecule has 3 aromatic rings. The van der Waals surface area contributed by atoms with E-state index in [2.05, 4.69) is 27.8 Å². The highest BCUT2D eigenvalue weighted by molar-refractivity contribution is 5.43. The second-order valence-corrected chi connectivity index (χ2v) is 6.65. The Kier molecular flexibility index (Phi) is 6.97. The number of methoxy groups -OCH3 is 1. The summed E-state index contributed by atoms with van der Waals surface area (Å²) in [5.41, 5.74) is 3.24. The van der Waals surface area contributed by atoms with Crippen molar-refractivity contribution in [2.45, 2.75) is 39.8 Å². The van der Waals surface area contributed by atoms with Gasteiger partial charge in [0.05, 0.1) is 12.8 Å². The molecule has 0 aliphatic carbocycles. The molecule has 148 valence electrons. The summed E-state index contributed by atoms with van der Waals surface area (Å²) in [4.78, 5) is 0. The highest BCUT2D eigenvalue weighted by atomic mass is 16.5. The molecular weight excluding hydrogens is 354 g/mol. The van der Waals surface area contributed by atoms with Gasteiger partial charge in [-0.3, -0.25) is 0 Å². The zero-order valence-electron chi connectivity index (χ0n) is 16.7. The van der Waals surface area contributed by atoms with Crippen LogP contribution in [0.2, 0.25) is 0 Å². The van der Waals surface area contributed by atoms with Gasteiger partial charge in [0.25, 0.3) is 0 Å². The lowest BCUT2D eigenvalue weighted by molar-refractivity contribution is 0.273. The van der Waals surface area contributed by atoms with Gasteiger partial charge in [-0.1, -0.05) is 37.1 Å². The van der Waals surface area contributed by atoms with E-state index in [9.17, 15) is 0 Å². The first kappa shape index (κ1) is 19.8. The Bertz CT molecular complexity index is 877. The van der Waals surface area contributed by atoms with Crippen molar-refractivity contribution >= 4 is 0 Å². The molecule has 1 aromatic heterocycles. The van der Waals surface area contributed by atoms with Crippen molar-refractivity contribution in [3.63, 3.8) is 0 Å². The van der Waals surface area contributed by atoms with Crippen LogP contribution in [0.25, 0.3) is 5.69 Å². The van der Waals surface area contributed by atoms with Crippen LogP contribution in [-0.4, -0.2) is 33.9 Å². The molecule has 0 radical (unpaired) electrons. The van der Waals surface area contributed by atoms with Crippen molar-refractivity contribution in [3.05, 3.63) is 59.4 Å². The first-order valence-electron chi connectivity index (χ1n) is 9.56. The molecule has 1 N–H and O–H groups in total. The van der Waals surface area contributed by atoms with Crippen LogP contribution in [0, 0.1) is 6.92 Å². The summed E-state index contributed by atoms with van der Waals surface area (Å²) >= 11 is 0. The Hall–Kier alpha value is -2.93. The van der Waals surface area contributed by atoms with Gasteiger partial charge in [-0.15, -0.1) is 5.10 Å². The van der Waals surface area contributed by atoms with Crippen molar-refractivity contribution in [2.75, 3.05) is 13.7 Å². The number of benzene rings is 2. The fourth-order valence-corrected chi connectivity index (χ4v) is 2.80. The molecule has 28 heavy (non-hydrogen) atoms. The Morgan fingerprint density at radius 1 is 1.07 bits per heavy atom. The number of unbranched alkanes of at least 4 members (excludes halogenated alkanes) is 1. The third-order valence-electron chi connectivity index (χ3n) is 4.43. The number of nitrogens with zero attached hydrogens (tertiary/aromatic N) is 4. The van der Waals surface area contributed by atoms with Crippen molar-refractivity contribution in [2.24, 2.45) is 0 Å². The first-order valence-corrected chi connectivity index (χ1v) is 9.56. The van der Waals surface area contributed by atoms with Crippen LogP contribution in [0.3, 0.4) is 0 Å². The van der Waals surface area contributed by atoms with Crippen molar-refractivity contribution < 1.29 is 9.47 Å². The molecule has 0 saturated heterocycles. The van der Waals surface area contributed by atoms with Gasteiger partial charge in [-0.05, 0) is 60.1 Å². The molecule has 0 atom stereocenters. The van der Waals surface area contributed by atoms with E-state index in [1.54, 1.807) is 11.8 Å². The summed E-state index contributed by atoms with van der Waals surface area (Å²) in [6.07, 6.45) is 2.36. The van der Waals surface area contributed by atoms with E-state index in [0.29, 0.717) is 17.3 Å². The topological polar surface area (TPSA) is 74.1 Å². The Balaban J connectivity index is 1.66. The average molecular weight is 381 g/mol. The van der Waals surface area contributed by atoms with Crippen LogP contribution >= 0.6 is 0 Å². The molecule has 0 spiro atoms. The lowest BCUT2D eigenvalue weighted by Crippen LogP contribution is -2.14. The van der Waals surface area contributed by atoms with Gasteiger partial charge in [0, 0.05) is 6.54 Å². The fourth-order valence-electron chi connectivity index (χ4n) is 2.80. The van der Waals surface area contributed by atoms with E-state index in [-0.39, 0.29) is 6.61 Å². The molecule has 2 aromatic carbocycles. The van der Waals surface area contributed by atoms with Crippen LogP contribution < -0.4 is 14.8 Å². The number of aryl methyl sites for hydroxylation is 1. The molecule has 0 bridgehead atoms. The zero-order chi connectivity index (χ0) is 19.8. The van der Waals surface area contributed by atoms with Crippen molar-refractivity contribution in [1.82, 2.24) is 25.5 Å². The third-order valence-corrected chi connectivity index (χ3v) is 4.43. The fraction of sp³-hybridized carbons (Fsp3) is 0.381. The minimum atomic E-state index is 0.241. The standard InChI is InChI=1S/C21H27N5O2/c1-4-5-12-22-14-17-8-11-19(20(13-17)27-3)28-15-21-23-24-25-26(21)18-9-6-16(2)7-10-18/h6-11,13,22H,4-5,12,14-15H2,1-3H3. The summed E-state index contributed by atoms with van der Waals surface area (Å²) in [5.74, 6) is 1.98. The molecule has 0 aliphatic heterocycles. The summed E-state index contributed by atoms with van der Waals surface area (Å²) in [6.45, 7) is 6.29. The van der Waals surface area contributed by atoms with E-state index in [4.69, 9.17) is 9.47 Å². The lowest BCUT2D eigenvalue weighted by Gasteiger charge is -2.12. The number of nitrogens with one attached hydrogen (secondary N) is 1. The predicted molar refractivity (Wildman–Crippen MR) is 108 cm³/mol. The van der Waals surface area contributed by atoms with Gasteiger partial charge in [-0.2, -0.15) is 4.68 Å². The molecular formula is C21H27N5O2. The quantitative estimate of drug-likeness (QED) is 0.542. The zero-order valence-corrected chi connectivity index (χ0v) is 16.7. The van der Waals surface area contributed by atoms with Crippen LogP contribution in [0.15, 0.2) is 42.5 Å². The van der Waals surface area contributed by atoms with Crippen LogP contribution in [-0.2, 0) is 13.2 Å². The molecule has 1 heterocycles. The predicted octanol–water partition coefficient (Wildman–Crippen LogP) is 3.45. The average Bonchev–Trinajstić information content (AvgIpc) is 3.19. The SMILES string of the molecule is CCCCNCc1ccc(OCc2nnnn2-c2ccc(C)cc2)c(OC)c1. The summed E-state index contributed by atoms with van der Waals surface area (Å²) in [6, 6.07) is 14.0. The third kappa shape index (κ3) is 5.07. The Labute approximate surface area is 165 Å². The minimum Gasteiger partial charge on any atom is -0.493 e. The number of aromatic nitrogens is 4. The second kappa shape index (κ2) is 9.85. The smallest absolute Gasteiger partial charge is 0.194 e.